The average Bonchev–Trinajstić information content (AvgIpc) is 3.19. The first-order valence-electron chi connectivity index (χ1n) is 10.3. The van der Waals surface area contributed by atoms with Gasteiger partial charge < -0.3 is 24.7 Å². The van der Waals surface area contributed by atoms with Crippen LogP contribution in [0.4, 0.5) is 0 Å². The monoisotopic (exact) mass is 441 g/mol. The van der Waals surface area contributed by atoms with Crippen LogP contribution >= 0.6 is 0 Å². The van der Waals surface area contributed by atoms with E-state index in [2.05, 4.69) is 46.1 Å². The SMILES string of the molecule is COc1cc(CN(CCO)Cc2cnc(C)[nH]2)ccc1OCc1ccc(C)cc1.O=CO. The zero-order valence-corrected chi connectivity index (χ0v) is 18.7. The molecule has 0 saturated heterocycles. The summed E-state index contributed by atoms with van der Waals surface area (Å²) in [5, 5.41) is 16.3. The van der Waals surface area contributed by atoms with Crippen LogP contribution in [-0.2, 0) is 24.5 Å². The molecule has 0 aliphatic rings. The van der Waals surface area contributed by atoms with Gasteiger partial charge in [-0.1, -0.05) is 35.9 Å². The standard InChI is InChI=1S/C23H29N3O3.CH2O2/c1-17-4-6-19(7-5-17)16-29-22-9-8-20(12-23(22)28-3)14-26(10-11-27)15-21-13-24-18(2)25-21;2-1-3/h4-9,12-13,27H,10-11,14-16H2,1-3H3,(H,24,25);1H,(H,2,3). The van der Waals surface area contributed by atoms with Gasteiger partial charge in [-0.15, -0.1) is 0 Å². The van der Waals surface area contributed by atoms with Crippen molar-refractivity contribution in [3.05, 3.63) is 76.9 Å². The summed E-state index contributed by atoms with van der Waals surface area (Å²) in [6, 6.07) is 14.3. The van der Waals surface area contributed by atoms with E-state index in [1.165, 1.54) is 5.56 Å². The maximum Gasteiger partial charge on any atom is 0.290 e. The minimum absolute atomic E-state index is 0.0992. The second-order valence-corrected chi connectivity index (χ2v) is 7.29. The van der Waals surface area contributed by atoms with E-state index in [0.717, 1.165) is 28.4 Å². The highest BCUT2D eigenvalue weighted by molar-refractivity contribution is 5.43. The zero-order chi connectivity index (χ0) is 23.3. The van der Waals surface area contributed by atoms with Crippen LogP contribution in [0.15, 0.2) is 48.7 Å². The largest absolute Gasteiger partial charge is 0.493 e. The van der Waals surface area contributed by atoms with Gasteiger partial charge in [0.25, 0.3) is 6.47 Å². The molecule has 0 fully saturated rings. The minimum atomic E-state index is -0.250. The van der Waals surface area contributed by atoms with Crippen molar-refractivity contribution in [2.24, 2.45) is 0 Å². The molecular weight excluding hydrogens is 410 g/mol. The Labute approximate surface area is 188 Å². The van der Waals surface area contributed by atoms with E-state index in [4.69, 9.17) is 19.4 Å². The number of rotatable bonds is 10. The number of hydrogen-bond acceptors (Lipinski definition) is 6. The molecule has 172 valence electrons. The quantitative estimate of drug-likeness (QED) is 0.414. The normalized spacial score (nSPS) is 10.4. The van der Waals surface area contributed by atoms with Crippen molar-refractivity contribution in [2.75, 3.05) is 20.3 Å². The van der Waals surface area contributed by atoms with Gasteiger partial charge in [-0.3, -0.25) is 9.69 Å². The summed E-state index contributed by atoms with van der Waals surface area (Å²) in [7, 11) is 1.65. The first kappa shape index (κ1) is 24.9. The summed E-state index contributed by atoms with van der Waals surface area (Å²) in [4.78, 5) is 18.0. The molecule has 0 radical (unpaired) electrons. The van der Waals surface area contributed by atoms with Crippen LogP contribution < -0.4 is 9.47 Å². The number of imidazole rings is 1. The number of benzene rings is 2. The highest BCUT2D eigenvalue weighted by Gasteiger charge is 2.12. The number of aliphatic hydroxyl groups excluding tert-OH is 1. The molecule has 3 aromatic rings. The first-order chi connectivity index (χ1) is 15.5. The van der Waals surface area contributed by atoms with Crippen molar-refractivity contribution in [1.82, 2.24) is 14.9 Å². The van der Waals surface area contributed by atoms with Crippen molar-refractivity contribution < 1.29 is 24.5 Å². The number of H-pyrrole nitrogens is 1. The van der Waals surface area contributed by atoms with Crippen LogP contribution in [0.1, 0.15) is 28.2 Å². The lowest BCUT2D eigenvalue weighted by molar-refractivity contribution is -0.122. The number of aliphatic hydroxyl groups is 1. The number of aryl methyl sites for hydroxylation is 2. The molecule has 0 aliphatic heterocycles. The van der Waals surface area contributed by atoms with Crippen molar-refractivity contribution in [2.45, 2.75) is 33.5 Å². The van der Waals surface area contributed by atoms with E-state index >= 15 is 0 Å². The molecule has 0 saturated carbocycles. The zero-order valence-electron chi connectivity index (χ0n) is 18.7. The van der Waals surface area contributed by atoms with E-state index in [0.29, 0.717) is 32.0 Å². The number of aromatic nitrogens is 2. The molecule has 0 unspecified atom stereocenters. The summed E-state index contributed by atoms with van der Waals surface area (Å²) in [6.45, 7) is 6.29. The summed E-state index contributed by atoms with van der Waals surface area (Å²) in [5.41, 5.74) is 4.47. The number of methoxy groups -OCH3 is 1. The molecule has 8 heteroatoms. The van der Waals surface area contributed by atoms with Gasteiger partial charge in [-0.25, -0.2) is 4.98 Å². The lowest BCUT2D eigenvalue weighted by Gasteiger charge is -2.21. The second kappa shape index (κ2) is 13.1. The Bertz CT molecular complexity index is 957. The predicted octanol–water partition coefficient (Wildman–Crippen LogP) is 3.31. The maximum atomic E-state index is 9.43. The van der Waals surface area contributed by atoms with Crippen LogP contribution in [0, 0.1) is 13.8 Å². The van der Waals surface area contributed by atoms with Gasteiger partial charge in [0.2, 0.25) is 0 Å². The van der Waals surface area contributed by atoms with Crippen molar-refractivity contribution in [1.29, 1.82) is 0 Å². The average molecular weight is 442 g/mol. The fourth-order valence-electron chi connectivity index (χ4n) is 3.18. The van der Waals surface area contributed by atoms with Crippen molar-refractivity contribution in [3.8, 4) is 11.5 Å². The van der Waals surface area contributed by atoms with E-state index in [1.54, 1.807) is 7.11 Å². The molecule has 0 bridgehead atoms. The van der Waals surface area contributed by atoms with Crippen LogP contribution in [0.25, 0.3) is 0 Å². The number of nitrogens with one attached hydrogen (secondary N) is 1. The van der Waals surface area contributed by atoms with Gasteiger partial charge in [0.15, 0.2) is 11.5 Å². The van der Waals surface area contributed by atoms with Gasteiger partial charge in [0.05, 0.1) is 13.7 Å². The lowest BCUT2D eigenvalue weighted by Crippen LogP contribution is -2.26. The molecule has 8 nitrogen and oxygen atoms in total. The van der Waals surface area contributed by atoms with Crippen LogP contribution in [-0.4, -0.2) is 51.8 Å². The molecule has 0 aliphatic carbocycles. The van der Waals surface area contributed by atoms with Crippen LogP contribution in [0.3, 0.4) is 0 Å². The van der Waals surface area contributed by atoms with E-state index in [9.17, 15) is 5.11 Å². The molecule has 32 heavy (non-hydrogen) atoms. The van der Waals surface area contributed by atoms with Gasteiger partial charge in [0, 0.05) is 31.5 Å². The Morgan fingerprint density at radius 1 is 1.06 bits per heavy atom. The van der Waals surface area contributed by atoms with Crippen LogP contribution in [0.2, 0.25) is 0 Å². The Morgan fingerprint density at radius 3 is 2.34 bits per heavy atom. The van der Waals surface area contributed by atoms with E-state index < -0.39 is 0 Å². The number of hydrogen-bond donors (Lipinski definition) is 3. The van der Waals surface area contributed by atoms with Gasteiger partial charge in [0.1, 0.15) is 12.4 Å². The van der Waals surface area contributed by atoms with Crippen molar-refractivity contribution in [3.63, 3.8) is 0 Å². The molecule has 0 amide bonds. The Balaban J connectivity index is 0.00000114. The Kier molecular flexibility index (Phi) is 10.2. The maximum absolute atomic E-state index is 9.43. The Morgan fingerprint density at radius 2 is 1.75 bits per heavy atom. The minimum Gasteiger partial charge on any atom is -0.493 e. The van der Waals surface area contributed by atoms with E-state index in [-0.39, 0.29) is 13.1 Å². The fraction of sp³-hybridized carbons (Fsp3) is 0.333. The molecule has 1 aromatic heterocycles. The molecule has 3 rings (SSSR count). The second-order valence-electron chi connectivity index (χ2n) is 7.29. The summed E-state index contributed by atoms with van der Waals surface area (Å²) in [6.07, 6.45) is 1.84. The van der Waals surface area contributed by atoms with Gasteiger partial charge in [-0.2, -0.15) is 0 Å². The molecule has 3 N–H and O–H groups in total. The third-order valence-corrected chi connectivity index (χ3v) is 4.71. The molecule has 0 atom stereocenters. The third-order valence-electron chi connectivity index (χ3n) is 4.71. The topological polar surface area (TPSA) is 108 Å². The summed E-state index contributed by atoms with van der Waals surface area (Å²) >= 11 is 0. The number of ether oxygens (including phenoxy) is 2. The smallest absolute Gasteiger partial charge is 0.290 e. The number of carbonyl (C=O) groups is 1. The van der Waals surface area contributed by atoms with Crippen molar-refractivity contribution >= 4 is 6.47 Å². The molecule has 1 heterocycles. The highest BCUT2D eigenvalue weighted by Crippen LogP contribution is 2.29. The number of aromatic amines is 1. The molecular formula is C24H31N3O5. The van der Waals surface area contributed by atoms with Crippen LogP contribution in [0.5, 0.6) is 11.5 Å². The predicted molar refractivity (Wildman–Crippen MR) is 122 cm³/mol. The highest BCUT2D eigenvalue weighted by atomic mass is 16.5. The van der Waals surface area contributed by atoms with E-state index in [1.807, 2.05) is 31.3 Å². The summed E-state index contributed by atoms with van der Waals surface area (Å²) in [5.74, 6) is 2.31. The molecule has 0 spiro atoms. The summed E-state index contributed by atoms with van der Waals surface area (Å²) < 4.78 is 11.5. The third kappa shape index (κ3) is 8.05. The van der Waals surface area contributed by atoms with Gasteiger partial charge >= 0.3 is 0 Å². The Hall–Kier alpha value is -3.36. The lowest BCUT2D eigenvalue weighted by atomic mass is 10.1. The number of nitrogens with zero attached hydrogens (tertiary/aromatic N) is 2. The van der Waals surface area contributed by atoms with Gasteiger partial charge in [-0.05, 0) is 37.1 Å². The molecule has 2 aromatic carbocycles. The first-order valence-corrected chi connectivity index (χ1v) is 10.3. The fourth-order valence-corrected chi connectivity index (χ4v) is 3.18. The number of carboxylic acid groups (broad SMARTS) is 1.